The minimum atomic E-state index is -0.783. The number of rotatable bonds is 8. The summed E-state index contributed by atoms with van der Waals surface area (Å²) in [5.74, 6) is 0. The molecule has 0 aliphatic carbocycles. The van der Waals surface area contributed by atoms with E-state index in [9.17, 15) is 0 Å². The molecule has 0 fully saturated rings. The van der Waals surface area contributed by atoms with Crippen LogP contribution in [0.4, 0.5) is 0 Å². The molecule has 192 valence electrons. The Balaban J connectivity index is 0.000000434. The summed E-state index contributed by atoms with van der Waals surface area (Å²) in [5.41, 5.74) is 0. The predicted molar refractivity (Wildman–Crippen MR) is 173 cm³/mol. The summed E-state index contributed by atoms with van der Waals surface area (Å²) in [5, 5.41) is 6.06. The van der Waals surface area contributed by atoms with Crippen LogP contribution in [-0.4, -0.2) is 12.3 Å². The molecule has 0 saturated carbocycles. The zero-order valence-corrected chi connectivity index (χ0v) is 25.4. The molecular formula is C35H40FeP2+6. The zero-order valence-electron chi connectivity index (χ0n) is 22.3. The second kappa shape index (κ2) is 19.6. The summed E-state index contributed by atoms with van der Waals surface area (Å²) < 4.78 is 0. The molecule has 0 N–H and O–H groups in total. The average Bonchev–Trinajstić information content (AvgIpc) is 3.58. The van der Waals surface area contributed by atoms with Gasteiger partial charge in [-0.25, -0.2) is 12.1 Å². The van der Waals surface area contributed by atoms with Crippen LogP contribution in [0.5, 0.6) is 0 Å². The van der Waals surface area contributed by atoms with Gasteiger partial charge in [0.2, 0.25) is 0 Å². The van der Waals surface area contributed by atoms with Crippen LogP contribution in [0.15, 0.2) is 152 Å². The van der Waals surface area contributed by atoms with Crippen LogP contribution in [0.1, 0.15) is 19.8 Å². The molecule has 0 aliphatic rings. The SMILES string of the molecule is [CH2-]CCC.[Fe+6].c1cc[cH-]c1.c1ccc([PH+](CC[PH+](c2ccccc2)c2ccccc2)c2ccccc2)cc1. The first kappa shape index (κ1) is 31.8. The fourth-order valence-corrected chi connectivity index (χ4v) is 10.2. The van der Waals surface area contributed by atoms with E-state index in [0.717, 1.165) is 6.42 Å². The standard InChI is InChI=1S/C26H24P2.C5H5.C4H9.Fe/c1-5-13-23(14-6-1)27(24-15-7-2-8-16-24)21-22-28(25-17-9-3-10-18-25)26-19-11-4-12-20-26;1-2-4-5-3-1;1-3-4-2;/h1-20H,21-22H2;1-5H;1,3-4H2,2H3;/q;2*-1;+6/p+2. The van der Waals surface area contributed by atoms with Crippen molar-refractivity contribution >= 4 is 37.1 Å². The third-order valence-electron chi connectivity index (χ3n) is 6.02. The van der Waals surface area contributed by atoms with Gasteiger partial charge in [-0.1, -0.05) is 86.1 Å². The Bertz CT molecular complexity index is 997. The van der Waals surface area contributed by atoms with Gasteiger partial charge in [0, 0.05) is 0 Å². The van der Waals surface area contributed by atoms with Gasteiger partial charge in [0.25, 0.3) is 0 Å². The molecule has 0 aromatic heterocycles. The molecule has 0 radical (unpaired) electrons. The largest absolute Gasteiger partial charge is 6.00 e. The van der Waals surface area contributed by atoms with Crippen molar-refractivity contribution in [1.29, 1.82) is 0 Å². The molecule has 0 saturated heterocycles. The molecule has 0 unspecified atom stereocenters. The third-order valence-corrected chi connectivity index (χ3v) is 12.1. The Morgan fingerprint density at radius 2 is 0.763 bits per heavy atom. The van der Waals surface area contributed by atoms with E-state index >= 15 is 0 Å². The summed E-state index contributed by atoms with van der Waals surface area (Å²) in [6.45, 7) is 5.72. The van der Waals surface area contributed by atoms with E-state index in [1.807, 2.05) is 30.3 Å². The van der Waals surface area contributed by atoms with E-state index in [-0.39, 0.29) is 17.1 Å². The van der Waals surface area contributed by atoms with Crippen molar-refractivity contribution in [2.75, 3.05) is 12.3 Å². The van der Waals surface area contributed by atoms with Gasteiger partial charge in [0.15, 0.2) is 0 Å². The first-order valence-corrected chi connectivity index (χ1v) is 16.6. The van der Waals surface area contributed by atoms with Gasteiger partial charge < -0.3 is 6.92 Å². The maximum absolute atomic E-state index is 3.60. The van der Waals surface area contributed by atoms with Crippen LogP contribution >= 0.6 is 15.8 Å². The molecule has 3 heteroatoms. The summed E-state index contributed by atoms with van der Waals surface area (Å²) >= 11 is 0. The minimum Gasteiger partial charge on any atom is -0.343 e. The molecule has 0 nitrogen and oxygen atoms in total. The van der Waals surface area contributed by atoms with Gasteiger partial charge in [-0.05, 0) is 48.5 Å². The molecule has 0 bridgehead atoms. The first-order chi connectivity index (χ1) is 18.3. The maximum atomic E-state index is 3.60. The Labute approximate surface area is 243 Å². The van der Waals surface area contributed by atoms with E-state index in [1.54, 1.807) is 0 Å². The molecular weight excluding hydrogens is 538 g/mol. The Hall–Kier alpha value is -2.39. The number of hydrogen-bond acceptors (Lipinski definition) is 0. The Morgan fingerprint density at radius 3 is 0.947 bits per heavy atom. The van der Waals surface area contributed by atoms with Gasteiger partial charge in [0.1, 0.15) is 12.3 Å². The molecule has 5 rings (SSSR count). The van der Waals surface area contributed by atoms with Crippen molar-refractivity contribution in [2.45, 2.75) is 19.8 Å². The third kappa shape index (κ3) is 11.2. The van der Waals surface area contributed by atoms with Crippen LogP contribution in [0.2, 0.25) is 0 Å². The Morgan fingerprint density at radius 1 is 0.500 bits per heavy atom. The molecule has 0 heterocycles. The van der Waals surface area contributed by atoms with E-state index in [0.29, 0.717) is 0 Å². The van der Waals surface area contributed by atoms with E-state index in [4.69, 9.17) is 0 Å². The van der Waals surface area contributed by atoms with E-state index in [1.165, 1.54) is 40.0 Å². The van der Waals surface area contributed by atoms with Gasteiger partial charge in [0.05, 0.1) is 37.1 Å². The van der Waals surface area contributed by atoms with Crippen LogP contribution in [0, 0.1) is 6.92 Å². The van der Waals surface area contributed by atoms with Crippen molar-refractivity contribution in [2.24, 2.45) is 0 Å². The number of unbranched alkanes of at least 4 members (excludes halogenated alkanes) is 1. The van der Waals surface area contributed by atoms with E-state index < -0.39 is 15.8 Å². The molecule has 0 aliphatic heterocycles. The van der Waals surface area contributed by atoms with Crippen molar-refractivity contribution in [1.82, 2.24) is 0 Å². The smallest absolute Gasteiger partial charge is 0.343 e. The van der Waals surface area contributed by atoms with Crippen molar-refractivity contribution < 1.29 is 17.1 Å². The second-order valence-corrected chi connectivity index (χ2v) is 14.0. The quantitative estimate of drug-likeness (QED) is 0.100. The monoisotopic (exact) mass is 578 g/mol. The van der Waals surface area contributed by atoms with Crippen molar-refractivity contribution in [3.63, 3.8) is 0 Å². The van der Waals surface area contributed by atoms with E-state index in [2.05, 4.69) is 135 Å². The summed E-state index contributed by atoms with van der Waals surface area (Å²) in [7, 11) is -1.57. The van der Waals surface area contributed by atoms with Gasteiger partial charge in [-0.2, -0.15) is 24.6 Å². The normalized spacial score (nSPS) is 10.0. The zero-order chi connectivity index (χ0) is 26.0. The molecule has 5 aromatic rings. The van der Waals surface area contributed by atoms with Crippen molar-refractivity contribution in [3.05, 3.63) is 159 Å². The topological polar surface area (TPSA) is 0 Å². The maximum Gasteiger partial charge on any atom is 6.00 e. The molecule has 0 amide bonds. The second-order valence-electron chi connectivity index (χ2n) is 8.74. The van der Waals surface area contributed by atoms with Gasteiger partial charge >= 0.3 is 17.1 Å². The molecule has 0 spiro atoms. The van der Waals surface area contributed by atoms with Crippen LogP contribution < -0.4 is 21.2 Å². The predicted octanol–water partition coefficient (Wildman–Crippen LogP) is 7.74. The molecule has 0 atom stereocenters. The van der Waals surface area contributed by atoms with Gasteiger partial charge in [-0.15, -0.1) is 0 Å². The van der Waals surface area contributed by atoms with Crippen molar-refractivity contribution in [3.8, 4) is 0 Å². The summed E-state index contributed by atoms with van der Waals surface area (Å²) in [4.78, 5) is 0. The fraction of sp³-hybridized carbons (Fsp3) is 0.143. The molecule has 5 aromatic carbocycles. The summed E-state index contributed by atoms with van der Waals surface area (Å²) in [6, 6.07) is 54.5. The Kier molecular flexibility index (Phi) is 16.5. The van der Waals surface area contributed by atoms with Crippen LogP contribution in [0.3, 0.4) is 0 Å². The molecule has 38 heavy (non-hydrogen) atoms. The fourth-order valence-electron chi connectivity index (χ4n) is 4.04. The van der Waals surface area contributed by atoms with Crippen LogP contribution in [0.25, 0.3) is 0 Å². The van der Waals surface area contributed by atoms with Gasteiger partial charge in [-0.3, -0.25) is 0 Å². The number of benzene rings is 4. The minimum absolute atomic E-state index is 0. The average molecular weight is 578 g/mol. The summed E-state index contributed by atoms with van der Waals surface area (Å²) in [6.07, 6.45) is 4.80. The van der Waals surface area contributed by atoms with Crippen LogP contribution in [-0.2, 0) is 17.1 Å². The first-order valence-electron chi connectivity index (χ1n) is 13.2. The number of hydrogen-bond donors (Lipinski definition) is 0.